The Labute approximate surface area is 153 Å². The van der Waals surface area contributed by atoms with Gasteiger partial charge in [-0.15, -0.1) is 0 Å². The molecule has 3 rings (SSSR count). The number of rotatable bonds is 3. The van der Waals surface area contributed by atoms with E-state index in [0.29, 0.717) is 5.56 Å². The van der Waals surface area contributed by atoms with Crippen LogP contribution in [0.15, 0.2) is 41.3 Å². The minimum absolute atomic E-state index is 0.180. The van der Waals surface area contributed by atoms with Crippen molar-refractivity contribution in [2.24, 2.45) is 0 Å². The molecule has 1 aromatic carbocycles. The summed E-state index contributed by atoms with van der Waals surface area (Å²) in [6.07, 6.45) is -8.20. The molecule has 28 heavy (non-hydrogen) atoms. The molecule has 11 heteroatoms. The summed E-state index contributed by atoms with van der Waals surface area (Å²) < 4.78 is 82.3. The van der Waals surface area contributed by atoms with Crippen LogP contribution in [0.3, 0.4) is 0 Å². The predicted molar refractivity (Wildman–Crippen MR) is 86.0 cm³/mol. The van der Waals surface area contributed by atoms with Crippen molar-refractivity contribution in [3.63, 3.8) is 0 Å². The summed E-state index contributed by atoms with van der Waals surface area (Å²) >= 11 is 0. The van der Waals surface area contributed by atoms with Crippen molar-refractivity contribution in [2.45, 2.75) is 19.3 Å². The van der Waals surface area contributed by atoms with Crippen LogP contribution in [0.4, 0.5) is 26.3 Å². The SMILES string of the molecule is Cc1cnn2c(=O)c(-c3ccc(OCC(F)(F)F)cc3)c(C(F)(F)F)nc2c1. The van der Waals surface area contributed by atoms with Gasteiger partial charge in [0.2, 0.25) is 0 Å². The minimum atomic E-state index is -4.93. The van der Waals surface area contributed by atoms with Gasteiger partial charge in [-0.2, -0.15) is 36.0 Å². The lowest BCUT2D eigenvalue weighted by Crippen LogP contribution is -2.25. The zero-order valence-electron chi connectivity index (χ0n) is 14.1. The van der Waals surface area contributed by atoms with Crippen molar-refractivity contribution >= 4 is 5.65 Å². The van der Waals surface area contributed by atoms with Crippen molar-refractivity contribution in [2.75, 3.05) is 6.61 Å². The molecule has 0 aliphatic rings. The topological polar surface area (TPSA) is 56.5 Å². The van der Waals surface area contributed by atoms with Gasteiger partial charge in [-0.3, -0.25) is 4.79 Å². The van der Waals surface area contributed by atoms with Gasteiger partial charge in [0.1, 0.15) is 5.75 Å². The number of ether oxygens (including phenoxy) is 1. The molecule has 0 saturated heterocycles. The van der Waals surface area contributed by atoms with Crippen LogP contribution < -0.4 is 10.3 Å². The highest BCUT2D eigenvalue weighted by Gasteiger charge is 2.38. The lowest BCUT2D eigenvalue weighted by Gasteiger charge is -2.14. The van der Waals surface area contributed by atoms with E-state index in [2.05, 4.69) is 14.8 Å². The Balaban J connectivity index is 2.12. The van der Waals surface area contributed by atoms with E-state index in [1.165, 1.54) is 12.3 Å². The quantitative estimate of drug-likeness (QED) is 0.620. The summed E-state index contributed by atoms with van der Waals surface area (Å²) in [7, 11) is 0. The molecule has 0 aliphatic heterocycles. The number of alkyl halides is 6. The summed E-state index contributed by atoms with van der Waals surface area (Å²) in [5.74, 6) is -0.211. The first-order chi connectivity index (χ1) is 13.0. The van der Waals surface area contributed by atoms with Crippen LogP contribution in [0.25, 0.3) is 16.8 Å². The maximum absolute atomic E-state index is 13.5. The third-order valence-electron chi connectivity index (χ3n) is 3.63. The summed E-state index contributed by atoms with van der Waals surface area (Å²) in [5.41, 5.74) is -3.16. The molecule has 0 amide bonds. The van der Waals surface area contributed by atoms with Crippen molar-refractivity contribution in [3.05, 3.63) is 58.1 Å². The Morgan fingerprint density at radius 3 is 2.29 bits per heavy atom. The van der Waals surface area contributed by atoms with Gasteiger partial charge >= 0.3 is 12.4 Å². The van der Waals surface area contributed by atoms with Gasteiger partial charge in [0, 0.05) is 0 Å². The number of halogens is 6. The van der Waals surface area contributed by atoms with Crippen molar-refractivity contribution in [3.8, 4) is 16.9 Å². The van der Waals surface area contributed by atoms with Crippen molar-refractivity contribution < 1.29 is 31.1 Å². The molecule has 0 N–H and O–H groups in total. The molecule has 0 radical (unpaired) electrons. The standard InChI is InChI=1S/C17H11F6N3O2/c1-9-6-12-25-14(17(21,22)23)13(15(27)26(12)24-7-9)10-2-4-11(5-3-10)28-8-16(18,19)20/h2-7H,8H2,1H3. The normalized spacial score (nSPS) is 12.4. The minimum Gasteiger partial charge on any atom is -0.484 e. The van der Waals surface area contributed by atoms with Gasteiger partial charge in [0.15, 0.2) is 17.9 Å². The Bertz CT molecular complexity index is 1070. The molecule has 148 valence electrons. The van der Waals surface area contributed by atoms with Gasteiger partial charge in [0.05, 0.1) is 11.8 Å². The van der Waals surface area contributed by atoms with Crippen LogP contribution in [0, 0.1) is 6.92 Å². The number of aromatic nitrogens is 3. The summed E-state index contributed by atoms with van der Waals surface area (Å²) in [6, 6.07) is 5.47. The molecule has 2 aromatic heterocycles. The van der Waals surface area contributed by atoms with Gasteiger partial charge in [-0.05, 0) is 36.2 Å². The molecule has 0 atom stereocenters. The molecule has 0 bridgehead atoms. The fraction of sp³-hybridized carbons (Fsp3) is 0.235. The van der Waals surface area contributed by atoms with E-state index >= 15 is 0 Å². The Morgan fingerprint density at radius 2 is 1.71 bits per heavy atom. The van der Waals surface area contributed by atoms with Gasteiger partial charge in [-0.1, -0.05) is 12.1 Å². The molecule has 5 nitrogen and oxygen atoms in total. The molecule has 0 saturated carbocycles. The Hall–Kier alpha value is -3.11. The lowest BCUT2D eigenvalue weighted by molar-refractivity contribution is -0.153. The lowest BCUT2D eigenvalue weighted by atomic mass is 10.0. The van der Waals surface area contributed by atoms with E-state index in [9.17, 15) is 31.1 Å². The van der Waals surface area contributed by atoms with E-state index < -0.39 is 35.8 Å². The van der Waals surface area contributed by atoms with Crippen LogP contribution in [0.1, 0.15) is 11.3 Å². The van der Waals surface area contributed by atoms with Crippen LogP contribution in [-0.4, -0.2) is 27.4 Å². The fourth-order valence-corrected chi connectivity index (χ4v) is 2.47. The molecule has 0 aliphatic carbocycles. The number of fused-ring (bicyclic) bond motifs is 1. The number of nitrogens with zero attached hydrogens (tertiary/aromatic N) is 3. The van der Waals surface area contributed by atoms with E-state index in [0.717, 1.165) is 28.8 Å². The van der Waals surface area contributed by atoms with Gasteiger partial charge in [-0.25, -0.2) is 4.98 Å². The average molecular weight is 403 g/mol. The second-order valence-electron chi connectivity index (χ2n) is 5.87. The number of aryl methyl sites for hydroxylation is 1. The smallest absolute Gasteiger partial charge is 0.434 e. The predicted octanol–water partition coefficient (Wildman–Crippen LogP) is 4.02. The number of benzene rings is 1. The maximum Gasteiger partial charge on any atom is 0.434 e. The summed E-state index contributed by atoms with van der Waals surface area (Å²) in [5, 5.41) is 3.79. The van der Waals surface area contributed by atoms with Crippen molar-refractivity contribution in [1.82, 2.24) is 14.6 Å². The third kappa shape index (κ3) is 4.07. The summed E-state index contributed by atoms with van der Waals surface area (Å²) in [4.78, 5) is 16.2. The van der Waals surface area contributed by atoms with E-state index in [-0.39, 0.29) is 17.0 Å². The van der Waals surface area contributed by atoms with E-state index in [1.54, 1.807) is 6.92 Å². The Kier molecular flexibility index (Phi) is 4.77. The zero-order chi connectivity index (χ0) is 20.7. The first kappa shape index (κ1) is 19.6. The molecule has 0 unspecified atom stereocenters. The molecular formula is C17H11F6N3O2. The van der Waals surface area contributed by atoms with Gasteiger partial charge < -0.3 is 4.74 Å². The second-order valence-corrected chi connectivity index (χ2v) is 5.87. The maximum atomic E-state index is 13.5. The third-order valence-corrected chi connectivity index (χ3v) is 3.63. The van der Waals surface area contributed by atoms with E-state index in [1.807, 2.05) is 0 Å². The molecular weight excluding hydrogens is 392 g/mol. The fourth-order valence-electron chi connectivity index (χ4n) is 2.47. The van der Waals surface area contributed by atoms with Crippen LogP contribution in [-0.2, 0) is 6.18 Å². The van der Waals surface area contributed by atoms with Crippen LogP contribution in [0.2, 0.25) is 0 Å². The van der Waals surface area contributed by atoms with Crippen LogP contribution in [0.5, 0.6) is 5.75 Å². The molecule has 0 fully saturated rings. The first-order valence-electron chi connectivity index (χ1n) is 7.72. The number of hydrogen-bond acceptors (Lipinski definition) is 4. The molecule has 3 aromatic rings. The first-order valence-corrected chi connectivity index (χ1v) is 7.72. The Morgan fingerprint density at radius 1 is 1.07 bits per heavy atom. The highest BCUT2D eigenvalue weighted by atomic mass is 19.4. The largest absolute Gasteiger partial charge is 0.484 e. The summed E-state index contributed by atoms with van der Waals surface area (Å²) in [6.45, 7) is 0.0314. The monoisotopic (exact) mass is 403 g/mol. The van der Waals surface area contributed by atoms with Crippen molar-refractivity contribution in [1.29, 1.82) is 0 Å². The van der Waals surface area contributed by atoms with Crippen LogP contribution >= 0.6 is 0 Å². The second kappa shape index (κ2) is 6.80. The zero-order valence-corrected chi connectivity index (χ0v) is 14.1. The molecule has 2 heterocycles. The average Bonchev–Trinajstić information content (AvgIpc) is 2.59. The van der Waals surface area contributed by atoms with Gasteiger partial charge in [0.25, 0.3) is 5.56 Å². The highest BCUT2D eigenvalue weighted by molar-refractivity contribution is 5.68. The number of hydrogen-bond donors (Lipinski definition) is 0. The van der Waals surface area contributed by atoms with E-state index in [4.69, 9.17) is 0 Å². The highest BCUT2D eigenvalue weighted by Crippen LogP contribution is 2.34. The molecule has 0 spiro atoms.